The summed E-state index contributed by atoms with van der Waals surface area (Å²) in [5, 5.41) is 22.3. The van der Waals surface area contributed by atoms with Crippen molar-refractivity contribution in [1.29, 1.82) is 0 Å². The molecule has 0 heterocycles. The Kier molecular flexibility index (Phi) is 6.04. The number of hydrogen-bond acceptors (Lipinski definition) is 4. The van der Waals surface area contributed by atoms with Crippen LogP contribution in [0, 0.1) is 0 Å². The molecule has 0 spiro atoms. The summed E-state index contributed by atoms with van der Waals surface area (Å²) >= 11 is 0. The second-order valence-corrected chi connectivity index (χ2v) is 4.22. The number of carboxylic acids is 1. The van der Waals surface area contributed by atoms with Gasteiger partial charge in [0.25, 0.3) is 0 Å². The highest BCUT2D eigenvalue weighted by Crippen LogP contribution is 2.02. The molecule has 0 saturated heterocycles. The monoisotopic (exact) mass is 258 g/mol. The molecule has 1 atom stereocenters. The number of amides is 2. The molecule has 0 saturated carbocycles. The Morgan fingerprint density at radius 3 is 2.39 bits per heavy atom. The average molecular weight is 258 g/mol. The minimum Gasteiger partial charge on any atom is -0.479 e. The SMILES string of the molecule is C=CC(=O)NC(C)(C)C(=O)NCCC(O)C(=O)O. The molecule has 18 heavy (non-hydrogen) atoms. The van der Waals surface area contributed by atoms with Gasteiger partial charge >= 0.3 is 5.97 Å². The van der Waals surface area contributed by atoms with E-state index < -0.39 is 29.4 Å². The van der Waals surface area contributed by atoms with Crippen molar-refractivity contribution in [2.24, 2.45) is 0 Å². The lowest BCUT2D eigenvalue weighted by Gasteiger charge is -2.24. The van der Waals surface area contributed by atoms with Crippen molar-refractivity contribution < 1.29 is 24.6 Å². The van der Waals surface area contributed by atoms with Crippen LogP contribution in [0.15, 0.2) is 12.7 Å². The summed E-state index contributed by atoms with van der Waals surface area (Å²) in [7, 11) is 0. The second-order valence-electron chi connectivity index (χ2n) is 4.22. The Labute approximate surface area is 105 Å². The lowest BCUT2D eigenvalue weighted by Crippen LogP contribution is -2.54. The van der Waals surface area contributed by atoms with Gasteiger partial charge in [0.1, 0.15) is 5.54 Å². The zero-order valence-electron chi connectivity index (χ0n) is 10.4. The molecule has 1 unspecified atom stereocenters. The molecule has 0 radical (unpaired) electrons. The van der Waals surface area contributed by atoms with Crippen LogP contribution in [0.3, 0.4) is 0 Å². The zero-order valence-corrected chi connectivity index (χ0v) is 10.4. The van der Waals surface area contributed by atoms with Crippen LogP contribution in [0.5, 0.6) is 0 Å². The number of aliphatic hydroxyl groups is 1. The summed E-state index contributed by atoms with van der Waals surface area (Å²) in [4.78, 5) is 33.1. The van der Waals surface area contributed by atoms with Crippen LogP contribution in [0.4, 0.5) is 0 Å². The molecular weight excluding hydrogens is 240 g/mol. The van der Waals surface area contributed by atoms with Crippen molar-refractivity contribution >= 4 is 17.8 Å². The largest absolute Gasteiger partial charge is 0.479 e. The first kappa shape index (κ1) is 16.1. The van der Waals surface area contributed by atoms with Crippen LogP contribution in [0.1, 0.15) is 20.3 Å². The van der Waals surface area contributed by atoms with Gasteiger partial charge in [0.15, 0.2) is 6.10 Å². The quantitative estimate of drug-likeness (QED) is 0.438. The van der Waals surface area contributed by atoms with E-state index >= 15 is 0 Å². The Bertz CT molecular complexity index is 351. The van der Waals surface area contributed by atoms with E-state index in [4.69, 9.17) is 10.2 Å². The first-order chi connectivity index (χ1) is 8.20. The van der Waals surface area contributed by atoms with E-state index in [1.54, 1.807) is 0 Å². The fourth-order valence-electron chi connectivity index (χ4n) is 1.08. The first-order valence-electron chi connectivity index (χ1n) is 5.34. The van der Waals surface area contributed by atoms with Gasteiger partial charge in [0.05, 0.1) is 0 Å². The van der Waals surface area contributed by atoms with Gasteiger partial charge in [0.2, 0.25) is 11.8 Å². The highest BCUT2D eigenvalue weighted by atomic mass is 16.4. The molecule has 0 aromatic heterocycles. The molecule has 7 heteroatoms. The topological polar surface area (TPSA) is 116 Å². The number of carbonyl (C=O) groups is 3. The number of aliphatic hydroxyl groups excluding tert-OH is 1. The Balaban J connectivity index is 4.19. The summed E-state index contributed by atoms with van der Waals surface area (Å²) in [5.74, 6) is -2.31. The van der Waals surface area contributed by atoms with E-state index in [1.807, 2.05) is 0 Å². The lowest BCUT2D eigenvalue weighted by molar-refractivity contribution is -0.147. The van der Waals surface area contributed by atoms with Crippen molar-refractivity contribution in [3.05, 3.63) is 12.7 Å². The van der Waals surface area contributed by atoms with Gasteiger partial charge in [-0.1, -0.05) is 6.58 Å². The summed E-state index contributed by atoms with van der Waals surface area (Å²) in [5.41, 5.74) is -1.14. The van der Waals surface area contributed by atoms with E-state index in [1.165, 1.54) is 13.8 Å². The molecule has 0 aliphatic rings. The summed E-state index contributed by atoms with van der Waals surface area (Å²) in [6.07, 6.45) is -0.577. The number of aliphatic carboxylic acids is 1. The maximum atomic E-state index is 11.7. The molecule has 0 bridgehead atoms. The van der Waals surface area contributed by atoms with Crippen molar-refractivity contribution in [3.63, 3.8) is 0 Å². The minimum atomic E-state index is -1.52. The molecule has 0 rings (SSSR count). The van der Waals surface area contributed by atoms with Gasteiger partial charge < -0.3 is 20.8 Å². The van der Waals surface area contributed by atoms with Crippen LogP contribution in [-0.2, 0) is 14.4 Å². The van der Waals surface area contributed by atoms with Crippen LogP contribution in [-0.4, -0.2) is 46.2 Å². The second kappa shape index (κ2) is 6.75. The maximum absolute atomic E-state index is 11.7. The Morgan fingerprint density at radius 1 is 1.39 bits per heavy atom. The van der Waals surface area contributed by atoms with E-state index in [0.717, 1.165) is 6.08 Å². The number of carboxylic acid groups (broad SMARTS) is 1. The van der Waals surface area contributed by atoms with Crippen molar-refractivity contribution in [1.82, 2.24) is 10.6 Å². The molecule has 0 aliphatic heterocycles. The van der Waals surface area contributed by atoms with E-state index in [-0.39, 0.29) is 13.0 Å². The normalized spacial score (nSPS) is 12.4. The molecule has 2 amide bonds. The summed E-state index contributed by atoms with van der Waals surface area (Å²) < 4.78 is 0. The third-order valence-electron chi connectivity index (χ3n) is 2.18. The Morgan fingerprint density at radius 2 is 1.94 bits per heavy atom. The highest BCUT2D eigenvalue weighted by molar-refractivity contribution is 5.94. The molecule has 0 fully saturated rings. The molecule has 4 N–H and O–H groups in total. The van der Waals surface area contributed by atoms with Gasteiger partial charge in [-0.3, -0.25) is 9.59 Å². The van der Waals surface area contributed by atoms with E-state index in [0.29, 0.717) is 0 Å². The summed E-state index contributed by atoms with van der Waals surface area (Å²) in [6.45, 7) is 6.26. The lowest BCUT2D eigenvalue weighted by atomic mass is 10.0. The fraction of sp³-hybridized carbons (Fsp3) is 0.545. The predicted molar refractivity (Wildman–Crippen MR) is 63.7 cm³/mol. The third kappa shape index (κ3) is 5.44. The van der Waals surface area contributed by atoms with E-state index in [9.17, 15) is 14.4 Å². The van der Waals surface area contributed by atoms with Crippen molar-refractivity contribution in [2.75, 3.05) is 6.54 Å². The van der Waals surface area contributed by atoms with E-state index in [2.05, 4.69) is 17.2 Å². The van der Waals surface area contributed by atoms with Crippen molar-refractivity contribution in [2.45, 2.75) is 31.9 Å². The van der Waals surface area contributed by atoms with Crippen LogP contribution >= 0.6 is 0 Å². The average Bonchev–Trinajstić information content (AvgIpc) is 2.27. The first-order valence-corrected chi connectivity index (χ1v) is 5.34. The number of nitrogens with one attached hydrogen (secondary N) is 2. The zero-order chi connectivity index (χ0) is 14.3. The standard InChI is InChI=1S/C11H18N2O5/c1-4-8(15)13-11(2,3)10(18)12-6-5-7(14)9(16)17/h4,7,14H,1,5-6H2,2-3H3,(H,12,18)(H,13,15)(H,16,17). The van der Waals surface area contributed by atoms with Gasteiger partial charge in [-0.2, -0.15) is 0 Å². The number of rotatable bonds is 7. The summed E-state index contributed by atoms with van der Waals surface area (Å²) in [6, 6.07) is 0. The molecule has 0 aromatic rings. The number of hydrogen-bond donors (Lipinski definition) is 4. The van der Waals surface area contributed by atoms with Gasteiger partial charge in [-0.05, 0) is 19.9 Å². The highest BCUT2D eigenvalue weighted by Gasteiger charge is 2.28. The van der Waals surface area contributed by atoms with Crippen molar-refractivity contribution in [3.8, 4) is 0 Å². The molecule has 102 valence electrons. The van der Waals surface area contributed by atoms with Crippen LogP contribution in [0.25, 0.3) is 0 Å². The smallest absolute Gasteiger partial charge is 0.332 e. The van der Waals surface area contributed by atoms with Gasteiger partial charge in [0, 0.05) is 13.0 Å². The third-order valence-corrected chi connectivity index (χ3v) is 2.18. The molecule has 0 aliphatic carbocycles. The minimum absolute atomic E-state index is 0.000308. The Hall–Kier alpha value is -1.89. The molecular formula is C11H18N2O5. The number of carbonyl (C=O) groups excluding carboxylic acids is 2. The van der Waals surface area contributed by atoms with Crippen LogP contribution < -0.4 is 10.6 Å². The maximum Gasteiger partial charge on any atom is 0.332 e. The van der Waals surface area contributed by atoms with Gasteiger partial charge in [-0.15, -0.1) is 0 Å². The fourth-order valence-corrected chi connectivity index (χ4v) is 1.08. The van der Waals surface area contributed by atoms with Gasteiger partial charge in [-0.25, -0.2) is 4.79 Å². The predicted octanol–water partition coefficient (Wildman–Crippen LogP) is -0.981. The molecule has 0 aromatic carbocycles. The molecule has 7 nitrogen and oxygen atoms in total. The van der Waals surface area contributed by atoms with Crippen LogP contribution in [0.2, 0.25) is 0 Å².